The van der Waals surface area contributed by atoms with E-state index in [0.29, 0.717) is 16.3 Å². The lowest BCUT2D eigenvalue weighted by Crippen LogP contribution is -2.15. The van der Waals surface area contributed by atoms with E-state index in [4.69, 9.17) is 17.3 Å². The molecule has 0 aliphatic heterocycles. The van der Waals surface area contributed by atoms with Crippen LogP contribution in [0.15, 0.2) is 36.4 Å². The van der Waals surface area contributed by atoms with Crippen LogP contribution in [0.3, 0.4) is 0 Å². The van der Waals surface area contributed by atoms with E-state index in [0.717, 1.165) is 16.8 Å². The molecule has 0 aromatic heterocycles. The van der Waals surface area contributed by atoms with Crippen molar-refractivity contribution in [1.29, 1.82) is 0 Å². The summed E-state index contributed by atoms with van der Waals surface area (Å²) in [5.41, 5.74) is 9.55. The van der Waals surface area contributed by atoms with Crippen LogP contribution in [0.4, 0.5) is 11.4 Å². The summed E-state index contributed by atoms with van der Waals surface area (Å²) in [7, 11) is 0. The molecule has 0 spiro atoms. The predicted molar refractivity (Wildman–Crippen MR) is 79.7 cm³/mol. The Labute approximate surface area is 117 Å². The van der Waals surface area contributed by atoms with Crippen molar-refractivity contribution < 1.29 is 4.79 Å². The SMILES string of the molecule is Cc1cccc(NC(=O)c2ccc(Cl)cc2N)c1C. The third kappa shape index (κ3) is 2.88. The average Bonchev–Trinajstić information content (AvgIpc) is 2.34. The first-order chi connectivity index (χ1) is 8.99. The minimum absolute atomic E-state index is 0.233. The van der Waals surface area contributed by atoms with Gasteiger partial charge in [-0.3, -0.25) is 4.79 Å². The third-order valence-electron chi connectivity index (χ3n) is 3.11. The predicted octanol–water partition coefficient (Wildman–Crippen LogP) is 3.79. The van der Waals surface area contributed by atoms with Gasteiger partial charge in [-0.15, -0.1) is 0 Å². The molecule has 0 bridgehead atoms. The maximum atomic E-state index is 12.2. The molecule has 0 aliphatic rings. The Hall–Kier alpha value is -2.00. The highest BCUT2D eigenvalue weighted by Crippen LogP contribution is 2.22. The lowest BCUT2D eigenvalue weighted by molar-refractivity contribution is 0.102. The van der Waals surface area contributed by atoms with Gasteiger partial charge in [0.15, 0.2) is 0 Å². The fraction of sp³-hybridized carbons (Fsp3) is 0.133. The van der Waals surface area contributed by atoms with Gasteiger partial charge in [-0.1, -0.05) is 23.7 Å². The number of amides is 1. The van der Waals surface area contributed by atoms with Crippen molar-refractivity contribution >= 4 is 28.9 Å². The summed E-state index contributed by atoms with van der Waals surface area (Å²) < 4.78 is 0. The first kappa shape index (κ1) is 13.4. The molecule has 0 saturated carbocycles. The molecule has 2 aromatic rings. The van der Waals surface area contributed by atoms with Gasteiger partial charge in [0.1, 0.15) is 0 Å². The van der Waals surface area contributed by atoms with Crippen LogP contribution in [0.2, 0.25) is 5.02 Å². The van der Waals surface area contributed by atoms with Gasteiger partial charge in [-0.25, -0.2) is 0 Å². The summed E-state index contributed by atoms with van der Waals surface area (Å²) in [5, 5.41) is 3.38. The molecule has 0 aliphatic carbocycles. The zero-order valence-corrected chi connectivity index (χ0v) is 11.6. The summed E-state index contributed by atoms with van der Waals surface area (Å²) in [6.45, 7) is 3.97. The highest BCUT2D eigenvalue weighted by molar-refractivity contribution is 6.31. The van der Waals surface area contributed by atoms with Crippen LogP contribution in [0.1, 0.15) is 21.5 Å². The molecule has 4 heteroatoms. The number of carbonyl (C=O) groups is 1. The van der Waals surface area contributed by atoms with Gasteiger partial charge >= 0.3 is 0 Å². The second-order valence-corrected chi connectivity index (χ2v) is 4.87. The molecule has 2 aromatic carbocycles. The van der Waals surface area contributed by atoms with Gasteiger partial charge in [0.05, 0.1) is 5.56 Å². The minimum atomic E-state index is -0.233. The molecule has 0 atom stereocenters. The van der Waals surface area contributed by atoms with Gasteiger partial charge < -0.3 is 11.1 Å². The van der Waals surface area contributed by atoms with Crippen LogP contribution in [0.5, 0.6) is 0 Å². The molecule has 3 nitrogen and oxygen atoms in total. The first-order valence-corrected chi connectivity index (χ1v) is 6.29. The third-order valence-corrected chi connectivity index (χ3v) is 3.35. The number of nitrogens with two attached hydrogens (primary N) is 1. The Morgan fingerprint density at radius 3 is 2.63 bits per heavy atom. The van der Waals surface area contributed by atoms with E-state index in [2.05, 4.69) is 5.32 Å². The Bertz CT molecular complexity index is 638. The van der Waals surface area contributed by atoms with E-state index in [9.17, 15) is 4.79 Å². The number of benzene rings is 2. The van der Waals surface area contributed by atoms with Crippen LogP contribution in [-0.4, -0.2) is 5.91 Å². The summed E-state index contributed by atoms with van der Waals surface area (Å²) in [5.74, 6) is -0.233. The Morgan fingerprint density at radius 1 is 1.21 bits per heavy atom. The molecule has 0 unspecified atom stereocenters. The normalized spacial score (nSPS) is 10.3. The molecule has 0 radical (unpaired) electrons. The second-order valence-electron chi connectivity index (χ2n) is 4.43. The van der Waals surface area contributed by atoms with Gasteiger partial charge in [-0.05, 0) is 49.2 Å². The van der Waals surface area contributed by atoms with Crippen LogP contribution < -0.4 is 11.1 Å². The quantitative estimate of drug-likeness (QED) is 0.819. The van der Waals surface area contributed by atoms with Gasteiger partial charge in [-0.2, -0.15) is 0 Å². The van der Waals surface area contributed by atoms with Crippen molar-refractivity contribution in [2.45, 2.75) is 13.8 Å². The number of anilines is 2. The average molecular weight is 275 g/mol. The zero-order chi connectivity index (χ0) is 14.0. The van der Waals surface area contributed by atoms with Crippen molar-refractivity contribution in [1.82, 2.24) is 0 Å². The van der Waals surface area contributed by atoms with Crippen LogP contribution in [0, 0.1) is 13.8 Å². The summed E-state index contributed by atoms with van der Waals surface area (Å²) in [4.78, 5) is 12.2. The fourth-order valence-corrected chi connectivity index (χ4v) is 2.00. The highest BCUT2D eigenvalue weighted by atomic mass is 35.5. The van der Waals surface area contributed by atoms with E-state index < -0.39 is 0 Å². The summed E-state index contributed by atoms with van der Waals surface area (Å²) >= 11 is 5.82. The van der Waals surface area contributed by atoms with Crippen molar-refractivity contribution in [2.75, 3.05) is 11.1 Å². The standard InChI is InChI=1S/C15H15ClN2O/c1-9-4-3-5-14(10(9)2)18-15(19)12-7-6-11(16)8-13(12)17/h3-8H,17H2,1-2H3,(H,18,19). The number of nitrogen functional groups attached to an aromatic ring is 1. The lowest BCUT2D eigenvalue weighted by atomic mass is 10.1. The Morgan fingerprint density at radius 2 is 1.95 bits per heavy atom. The molecular formula is C15H15ClN2O. The number of halogens is 1. The largest absolute Gasteiger partial charge is 0.398 e. The van der Waals surface area contributed by atoms with Crippen molar-refractivity contribution in [3.63, 3.8) is 0 Å². The zero-order valence-electron chi connectivity index (χ0n) is 10.8. The topological polar surface area (TPSA) is 55.1 Å². The molecule has 0 saturated heterocycles. The number of nitrogens with one attached hydrogen (secondary N) is 1. The first-order valence-electron chi connectivity index (χ1n) is 5.91. The van der Waals surface area contributed by atoms with E-state index in [1.807, 2.05) is 32.0 Å². The van der Waals surface area contributed by atoms with Crippen molar-refractivity contribution in [2.24, 2.45) is 0 Å². The molecule has 98 valence electrons. The van der Waals surface area contributed by atoms with Crippen molar-refractivity contribution in [3.05, 3.63) is 58.1 Å². The van der Waals surface area contributed by atoms with Crippen LogP contribution >= 0.6 is 11.6 Å². The molecule has 3 N–H and O–H groups in total. The molecule has 0 fully saturated rings. The Balaban J connectivity index is 2.28. The van der Waals surface area contributed by atoms with E-state index in [1.165, 1.54) is 0 Å². The van der Waals surface area contributed by atoms with Gasteiger partial charge in [0, 0.05) is 16.4 Å². The number of carbonyl (C=O) groups excluding carboxylic acids is 1. The van der Waals surface area contributed by atoms with Gasteiger partial charge in [0.25, 0.3) is 5.91 Å². The van der Waals surface area contributed by atoms with Crippen LogP contribution in [-0.2, 0) is 0 Å². The monoisotopic (exact) mass is 274 g/mol. The van der Waals surface area contributed by atoms with Crippen LogP contribution in [0.25, 0.3) is 0 Å². The second kappa shape index (κ2) is 5.33. The van der Waals surface area contributed by atoms with Crippen molar-refractivity contribution in [3.8, 4) is 0 Å². The number of rotatable bonds is 2. The maximum absolute atomic E-state index is 12.2. The molecule has 2 rings (SSSR count). The highest BCUT2D eigenvalue weighted by Gasteiger charge is 2.11. The lowest BCUT2D eigenvalue weighted by Gasteiger charge is -2.11. The van der Waals surface area contributed by atoms with E-state index in [1.54, 1.807) is 18.2 Å². The Kier molecular flexibility index (Phi) is 3.76. The molecule has 19 heavy (non-hydrogen) atoms. The number of aryl methyl sites for hydroxylation is 1. The summed E-state index contributed by atoms with van der Waals surface area (Å²) in [6.07, 6.45) is 0. The fourth-order valence-electron chi connectivity index (χ4n) is 1.82. The molecular weight excluding hydrogens is 260 g/mol. The van der Waals surface area contributed by atoms with Gasteiger partial charge in [0.2, 0.25) is 0 Å². The van der Waals surface area contributed by atoms with E-state index in [-0.39, 0.29) is 5.91 Å². The van der Waals surface area contributed by atoms with E-state index >= 15 is 0 Å². The molecule has 0 heterocycles. The minimum Gasteiger partial charge on any atom is -0.398 e. The number of hydrogen-bond acceptors (Lipinski definition) is 2. The molecule has 1 amide bonds. The smallest absolute Gasteiger partial charge is 0.257 e. The number of hydrogen-bond donors (Lipinski definition) is 2. The summed E-state index contributed by atoms with van der Waals surface area (Å²) in [6, 6.07) is 10.6. The maximum Gasteiger partial charge on any atom is 0.257 e.